The summed E-state index contributed by atoms with van der Waals surface area (Å²) in [6, 6.07) is 60.7. The highest BCUT2D eigenvalue weighted by Crippen LogP contribution is 2.50. The molecular formula is C48H44O2P2. The molecule has 7 aromatic carbocycles. The summed E-state index contributed by atoms with van der Waals surface area (Å²) in [5.41, 5.74) is 9.33. The van der Waals surface area contributed by atoms with E-state index in [0.717, 1.165) is 33.8 Å². The number of aryl methyl sites for hydroxylation is 5. The summed E-state index contributed by atoms with van der Waals surface area (Å²) < 4.78 is 14.8. The van der Waals surface area contributed by atoms with E-state index >= 15 is 0 Å². The van der Waals surface area contributed by atoms with Gasteiger partial charge in [-0.1, -0.05) is 187 Å². The minimum absolute atomic E-state index is 0.158. The van der Waals surface area contributed by atoms with Gasteiger partial charge in [0.15, 0.2) is 16.3 Å². The average molecular weight is 715 g/mol. The molecule has 258 valence electrons. The van der Waals surface area contributed by atoms with Gasteiger partial charge in [0.25, 0.3) is 0 Å². The third-order valence-electron chi connectivity index (χ3n) is 9.26. The predicted molar refractivity (Wildman–Crippen MR) is 223 cm³/mol. The van der Waals surface area contributed by atoms with E-state index < -0.39 is 16.3 Å². The highest BCUT2D eigenvalue weighted by Gasteiger charge is 2.30. The van der Waals surface area contributed by atoms with Crippen LogP contribution in [0.25, 0.3) is 0 Å². The molecule has 0 aliphatic rings. The Kier molecular flexibility index (Phi) is 11.0. The largest absolute Gasteiger partial charge is 0.464 e. The molecular weight excluding hydrogens is 670 g/mol. The predicted octanol–water partition coefficient (Wildman–Crippen LogP) is 11.3. The molecule has 0 saturated carbocycles. The van der Waals surface area contributed by atoms with Gasteiger partial charge in [-0.05, 0) is 51.3 Å². The summed E-state index contributed by atoms with van der Waals surface area (Å²) in [4.78, 5) is 0. The molecule has 7 aromatic rings. The fourth-order valence-corrected chi connectivity index (χ4v) is 10.5. The van der Waals surface area contributed by atoms with Crippen molar-refractivity contribution in [3.63, 3.8) is 0 Å². The van der Waals surface area contributed by atoms with Crippen LogP contribution in [0.15, 0.2) is 170 Å². The van der Waals surface area contributed by atoms with Crippen LogP contribution in [0.3, 0.4) is 0 Å². The molecule has 0 aliphatic heterocycles. The molecule has 0 radical (unpaired) electrons. The van der Waals surface area contributed by atoms with Crippen molar-refractivity contribution in [2.24, 2.45) is 0 Å². The highest BCUT2D eigenvalue weighted by atomic mass is 31.1. The molecule has 0 aromatic heterocycles. The Labute approximate surface area is 311 Å². The first kappa shape index (κ1) is 35.4. The van der Waals surface area contributed by atoms with Crippen LogP contribution >= 0.6 is 16.3 Å². The highest BCUT2D eigenvalue weighted by molar-refractivity contribution is 7.69. The standard InChI is InChI=1S/C48H44O2P2/c1-34-26-28-39(29-27-34)46(44-32-35(2)30-37(4)47(44)49-51(40-18-10-6-11-19-40)41-20-12-7-13-21-41)45-33-36(3)31-38(5)48(45)50-52(42-22-14-8-15-23-42)43-24-16-9-17-25-43/h6-33,46H,1-5H3. The van der Waals surface area contributed by atoms with Crippen LogP contribution in [0.1, 0.15) is 50.4 Å². The van der Waals surface area contributed by atoms with E-state index in [0.29, 0.717) is 0 Å². The lowest BCUT2D eigenvalue weighted by Gasteiger charge is -2.30. The molecule has 0 spiro atoms. The number of rotatable bonds is 11. The normalized spacial score (nSPS) is 11.3. The molecule has 2 nitrogen and oxygen atoms in total. The minimum Gasteiger partial charge on any atom is -0.464 e. The summed E-state index contributed by atoms with van der Waals surface area (Å²) in [5, 5.41) is 4.70. The van der Waals surface area contributed by atoms with Gasteiger partial charge in [0, 0.05) is 38.3 Å². The fourth-order valence-electron chi connectivity index (χ4n) is 6.88. The van der Waals surface area contributed by atoms with Crippen LogP contribution in [-0.2, 0) is 0 Å². The summed E-state index contributed by atoms with van der Waals surface area (Å²) in [5.74, 6) is 1.69. The van der Waals surface area contributed by atoms with Crippen LogP contribution in [-0.4, -0.2) is 0 Å². The van der Waals surface area contributed by atoms with Crippen LogP contribution < -0.4 is 30.3 Å². The Morgan fingerprint density at radius 2 is 0.692 bits per heavy atom. The second kappa shape index (κ2) is 16.1. The topological polar surface area (TPSA) is 18.5 Å². The second-order valence-corrected chi connectivity index (χ2v) is 17.1. The van der Waals surface area contributed by atoms with E-state index in [-0.39, 0.29) is 5.92 Å². The van der Waals surface area contributed by atoms with Crippen molar-refractivity contribution in [3.05, 3.63) is 214 Å². The molecule has 0 atom stereocenters. The molecule has 52 heavy (non-hydrogen) atoms. The van der Waals surface area contributed by atoms with Crippen LogP contribution in [0.4, 0.5) is 0 Å². The van der Waals surface area contributed by atoms with Crippen LogP contribution in [0.2, 0.25) is 0 Å². The van der Waals surface area contributed by atoms with E-state index in [1.807, 2.05) is 0 Å². The van der Waals surface area contributed by atoms with Crippen molar-refractivity contribution >= 4 is 37.5 Å². The number of hydrogen-bond donors (Lipinski definition) is 0. The van der Waals surface area contributed by atoms with Gasteiger partial charge < -0.3 is 9.05 Å². The first-order chi connectivity index (χ1) is 25.4. The zero-order valence-electron chi connectivity index (χ0n) is 30.5. The molecule has 0 unspecified atom stereocenters. The van der Waals surface area contributed by atoms with Crippen molar-refractivity contribution in [1.82, 2.24) is 0 Å². The van der Waals surface area contributed by atoms with Crippen LogP contribution in [0.5, 0.6) is 11.5 Å². The van der Waals surface area contributed by atoms with Gasteiger partial charge in [0.2, 0.25) is 0 Å². The van der Waals surface area contributed by atoms with Gasteiger partial charge in [-0.2, -0.15) is 0 Å². The third kappa shape index (κ3) is 7.90. The Morgan fingerprint density at radius 1 is 0.365 bits per heavy atom. The molecule has 0 N–H and O–H groups in total. The van der Waals surface area contributed by atoms with Crippen molar-refractivity contribution in [1.29, 1.82) is 0 Å². The van der Waals surface area contributed by atoms with Crippen LogP contribution in [0, 0.1) is 34.6 Å². The van der Waals surface area contributed by atoms with Crippen molar-refractivity contribution < 1.29 is 9.05 Å². The van der Waals surface area contributed by atoms with Gasteiger partial charge in [-0.3, -0.25) is 0 Å². The lowest BCUT2D eigenvalue weighted by molar-refractivity contribution is 0.595. The lowest BCUT2D eigenvalue weighted by atomic mass is 9.81. The van der Waals surface area contributed by atoms with E-state index in [2.05, 4.69) is 204 Å². The maximum Gasteiger partial charge on any atom is 0.150 e. The Balaban J connectivity index is 1.45. The number of benzene rings is 7. The van der Waals surface area contributed by atoms with Crippen molar-refractivity contribution in [2.45, 2.75) is 40.5 Å². The molecule has 0 aliphatic carbocycles. The van der Waals surface area contributed by atoms with E-state index in [9.17, 15) is 0 Å². The van der Waals surface area contributed by atoms with Gasteiger partial charge in [0.1, 0.15) is 11.5 Å². The smallest absolute Gasteiger partial charge is 0.150 e. The van der Waals surface area contributed by atoms with Gasteiger partial charge in [0.05, 0.1) is 0 Å². The average Bonchev–Trinajstić information content (AvgIpc) is 3.16. The van der Waals surface area contributed by atoms with Gasteiger partial charge in [-0.15, -0.1) is 0 Å². The molecule has 4 heteroatoms. The maximum atomic E-state index is 7.40. The quantitative estimate of drug-likeness (QED) is 0.0981. The second-order valence-electron chi connectivity index (χ2n) is 13.5. The zero-order valence-corrected chi connectivity index (χ0v) is 32.2. The van der Waals surface area contributed by atoms with Crippen molar-refractivity contribution in [2.75, 3.05) is 0 Å². The third-order valence-corrected chi connectivity index (χ3v) is 13.1. The fraction of sp³-hybridized carbons (Fsp3) is 0.125. The molecule has 0 bridgehead atoms. The van der Waals surface area contributed by atoms with E-state index in [4.69, 9.17) is 9.05 Å². The summed E-state index contributed by atoms with van der Waals surface area (Å²) in [6.45, 7) is 10.9. The van der Waals surface area contributed by atoms with Gasteiger partial charge >= 0.3 is 0 Å². The molecule has 0 amide bonds. The van der Waals surface area contributed by atoms with Gasteiger partial charge in [-0.25, -0.2) is 0 Å². The van der Waals surface area contributed by atoms with Crippen molar-refractivity contribution in [3.8, 4) is 11.5 Å². The lowest BCUT2D eigenvalue weighted by Crippen LogP contribution is -2.18. The molecule has 0 heterocycles. The first-order valence-corrected chi connectivity index (χ1v) is 20.3. The zero-order chi connectivity index (χ0) is 36.0. The van der Waals surface area contributed by atoms with E-state index in [1.165, 1.54) is 43.5 Å². The summed E-state index contributed by atoms with van der Waals surface area (Å²) in [6.07, 6.45) is 0. The minimum atomic E-state index is -1.16. The Hall–Kier alpha value is -5.00. The van der Waals surface area contributed by atoms with E-state index in [1.54, 1.807) is 0 Å². The summed E-state index contributed by atoms with van der Waals surface area (Å²) in [7, 11) is -2.32. The Morgan fingerprint density at radius 3 is 1.02 bits per heavy atom. The molecule has 0 fully saturated rings. The Bertz CT molecular complexity index is 2020. The SMILES string of the molecule is Cc1ccc(C(c2cc(C)cc(C)c2OP(c2ccccc2)c2ccccc2)c2cc(C)cc(C)c2OP(c2ccccc2)c2ccccc2)cc1. The molecule has 7 rings (SSSR count). The first-order valence-electron chi connectivity index (χ1n) is 17.8. The molecule has 0 saturated heterocycles. The number of hydrogen-bond acceptors (Lipinski definition) is 2. The maximum absolute atomic E-state index is 7.40. The monoisotopic (exact) mass is 714 g/mol. The summed E-state index contributed by atoms with van der Waals surface area (Å²) >= 11 is 0.